The number of ether oxygens (including phenoxy) is 3. The summed E-state index contributed by atoms with van der Waals surface area (Å²) < 4.78 is 16.0. The van der Waals surface area contributed by atoms with E-state index in [1.54, 1.807) is 54.6 Å². The second kappa shape index (κ2) is 11.2. The fourth-order valence-corrected chi connectivity index (χ4v) is 5.08. The van der Waals surface area contributed by atoms with E-state index in [-0.39, 0.29) is 24.0 Å². The Bertz CT molecular complexity index is 1340. The molecular weight excluding hydrogens is 492 g/mol. The van der Waals surface area contributed by atoms with E-state index in [1.165, 1.54) is 44.1 Å². The van der Waals surface area contributed by atoms with Gasteiger partial charge in [-0.1, -0.05) is 12.1 Å². The number of imide groups is 1. The van der Waals surface area contributed by atoms with Crippen LogP contribution in [0.4, 0.5) is 11.4 Å². The third-order valence-corrected chi connectivity index (χ3v) is 6.94. The van der Waals surface area contributed by atoms with Gasteiger partial charge in [-0.3, -0.25) is 14.4 Å². The molecule has 3 aromatic carbocycles. The van der Waals surface area contributed by atoms with Gasteiger partial charge in [0.15, 0.2) is 17.3 Å². The van der Waals surface area contributed by atoms with Gasteiger partial charge >= 0.3 is 0 Å². The quantitative estimate of drug-likeness (QED) is 0.189. The van der Waals surface area contributed by atoms with E-state index in [2.05, 4.69) is 0 Å². The summed E-state index contributed by atoms with van der Waals surface area (Å²) in [6.07, 6.45) is 3.17. The Balaban J connectivity index is 1.47. The van der Waals surface area contributed by atoms with Crippen LogP contribution in [-0.2, 0) is 9.59 Å². The lowest BCUT2D eigenvalue weighted by Gasteiger charge is -2.15. The number of hydrogen-bond acceptors (Lipinski definition) is 8. The lowest BCUT2D eigenvalue weighted by molar-refractivity contribution is -0.121. The van der Waals surface area contributed by atoms with Crippen LogP contribution in [0.15, 0.2) is 71.6 Å². The van der Waals surface area contributed by atoms with E-state index in [1.807, 2.05) is 12.1 Å². The van der Waals surface area contributed by atoms with Crippen LogP contribution in [0, 0.1) is 0 Å². The predicted molar refractivity (Wildman–Crippen MR) is 144 cm³/mol. The van der Waals surface area contributed by atoms with Crippen LogP contribution in [-0.4, -0.2) is 44.2 Å². The molecule has 9 heteroatoms. The van der Waals surface area contributed by atoms with Gasteiger partial charge in [-0.15, -0.1) is 11.8 Å². The molecule has 1 saturated heterocycles. The zero-order chi connectivity index (χ0) is 26.5. The average molecular weight is 519 g/mol. The number of ketones is 1. The van der Waals surface area contributed by atoms with Crippen LogP contribution in [0.1, 0.15) is 22.3 Å². The van der Waals surface area contributed by atoms with Crippen molar-refractivity contribution in [3.63, 3.8) is 0 Å². The van der Waals surface area contributed by atoms with E-state index in [0.29, 0.717) is 39.8 Å². The Morgan fingerprint density at radius 1 is 0.973 bits per heavy atom. The summed E-state index contributed by atoms with van der Waals surface area (Å²) in [4.78, 5) is 40.4. The Hall–Kier alpha value is -4.24. The number of anilines is 2. The molecule has 1 unspecified atom stereocenters. The Labute approximate surface area is 219 Å². The first-order valence-corrected chi connectivity index (χ1v) is 12.2. The van der Waals surface area contributed by atoms with Gasteiger partial charge in [0, 0.05) is 22.6 Å². The van der Waals surface area contributed by atoms with Crippen molar-refractivity contribution in [3.05, 3.63) is 77.9 Å². The number of nitrogens with zero attached hydrogens (tertiary/aromatic N) is 1. The van der Waals surface area contributed by atoms with Crippen LogP contribution < -0.4 is 24.8 Å². The summed E-state index contributed by atoms with van der Waals surface area (Å²) in [5.74, 6) is 0.598. The molecule has 3 aromatic rings. The topological polar surface area (TPSA) is 108 Å². The fourth-order valence-electron chi connectivity index (χ4n) is 3.96. The van der Waals surface area contributed by atoms with Gasteiger partial charge in [0.1, 0.15) is 0 Å². The summed E-state index contributed by atoms with van der Waals surface area (Å²) in [5.41, 5.74) is 7.95. The molecule has 1 aliphatic heterocycles. The first-order chi connectivity index (χ1) is 17.8. The van der Waals surface area contributed by atoms with Gasteiger partial charge in [-0.2, -0.15) is 0 Å². The van der Waals surface area contributed by atoms with Crippen molar-refractivity contribution in [2.45, 2.75) is 16.6 Å². The number of carbonyl (C=O) groups is 3. The largest absolute Gasteiger partial charge is 0.493 e. The number of nitrogen functional groups attached to an aromatic ring is 1. The molecule has 37 heavy (non-hydrogen) atoms. The van der Waals surface area contributed by atoms with Gasteiger partial charge in [0.25, 0.3) is 0 Å². The number of carbonyl (C=O) groups excluding carboxylic acids is 3. The van der Waals surface area contributed by atoms with Gasteiger partial charge < -0.3 is 19.9 Å². The minimum atomic E-state index is -0.531. The molecule has 0 bridgehead atoms. The maximum Gasteiger partial charge on any atom is 0.247 e. The van der Waals surface area contributed by atoms with Crippen molar-refractivity contribution in [2.75, 3.05) is 32.0 Å². The molecule has 0 aliphatic carbocycles. The normalized spacial score (nSPS) is 15.3. The van der Waals surface area contributed by atoms with E-state index in [4.69, 9.17) is 19.9 Å². The highest BCUT2D eigenvalue weighted by Gasteiger charge is 2.40. The summed E-state index contributed by atoms with van der Waals surface area (Å²) in [6, 6.07) is 17.1. The van der Waals surface area contributed by atoms with E-state index >= 15 is 0 Å². The fraction of sp³-hybridized carbons (Fsp3) is 0.179. The molecule has 2 amide bonds. The number of allylic oxidation sites excluding steroid dienone is 1. The number of benzene rings is 3. The maximum absolute atomic E-state index is 13.0. The Morgan fingerprint density at radius 3 is 2.24 bits per heavy atom. The average Bonchev–Trinajstić information content (AvgIpc) is 3.18. The molecule has 1 fully saturated rings. The summed E-state index contributed by atoms with van der Waals surface area (Å²) >= 11 is 1.31. The lowest BCUT2D eigenvalue weighted by Crippen LogP contribution is -2.31. The number of methoxy groups -OCH3 is 3. The maximum atomic E-state index is 13.0. The molecule has 4 rings (SSSR count). The van der Waals surface area contributed by atoms with Gasteiger partial charge in [-0.05, 0) is 66.2 Å². The first-order valence-electron chi connectivity index (χ1n) is 11.4. The number of hydrogen-bond donors (Lipinski definition) is 1. The van der Waals surface area contributed by atoms with Crippen molar-refractivity contribution in [1.82, 2.24) is 0 Å². The summed E-state index contributed by atoms with van der Waals surface area (Å²) in [7, 11) is 4.56. The van der Waals surface area contributed by atoms with E-state index in [9.17, 15) is 14.4 Å². The van der Waals surface area contributed by atoms with E-state index < -0.39 is 5.25 Å². The minimum absolute atomic E-state index is 0.0938. The highest BCUT2D eigenvalue weighted by atomic mass is 32.2. The summed E-state index contributed by atoms with van der Waals surface area (Å²) in [6.45, 7) is 0. The number of nitrogens with two attached hydrogens (primary N) is 1. The van der Waals surface area contributed by atoms with Crippen LogP contribution in [0.3, 0.4) is 0 Å². The van der Waals surface area contributed by atoms with Crippen molar-refractivity contribution in [2.24, 2.45) is 0 Å². The molecule has 2 N–H and O–H groups in total. The van der Waals surface area contributed by atoms with E-state index in [0.717, 1.165) is 4.90 Å². The number of rotatable bonds is 9. The second-order valence-electron chi connectivity index (χ2n) is 8.15. The highest BCUT2D eigenvalue weighted by Crippen LogP contribution is 2.38. The molecule has 1 atom stereocenters. The minimum Gasteiger partial charge on any atom is -0.493 e. The third-order valence-electron chi connectivity index (χ3n) is 5.77. The monoisotopic (exact) mass is 518 g/mol. The van der Waals surface area contributed by atoms with Gasteiger partial charge in [-0.25, -0.2) is 4.90 Å². The van der Waals surface area contributed by atoms with Crippen LogP contribution >= 0.6 is 11.8 Å². The van der Waals surface area contributed by atoms with Gasteiger partial charge in [0.2, 0.25) is 17.6 Å². The highest BCUT2D eigenvalue weighted by molar-refractivity contribution is 8.00. The molecule has 0 aromatic heterocycles. The van der Waals surface area contributed by atoms with Crippen molar-refractivity contribution in [1.29, 1.82) is 0 Å². The van der Waals surface area contributed by atoms with Crippen molar-refractivity contribution < 1.29 is 28.6 Å². The number of amides is 2. The Morgan fingerprint density at radius 2 is 1.65 bits per heavy atom. The Kier molecular flexibility index (Phi) is 7.83. The molecule has 190 valence electrons. The number of thioether (sulfide) groups is 1. The second-order valence-corrected chi connectivity index (χ2v) is 9.43. The standard InChI is InChI=1S/C28H26N2O6S/c1-34-23-13-17(14-24(35-2)27(23)36-3)7-12-22(31)18-8-10-20(11-9-18)30-26(32)16-25(28(30)33)37-21-6-4-5-19(29)15-21/h4-15,25H,16,29H2,1-3H3/b12-7+. The zero-order valence-electron chi connectivity index (χ0n) is 20.6. The predicted octanol–water partition coefficient (Wildman–Crippen LogP) is 4.61. The van der Waals surface area contributed by atoms with Crippen molar-refractivity contribution in [3.8, 4) is 17.2 Å². The molecule has 8 nitrogen and oxygen atoms in total. The molecule has 0 radical (unpaired) electrons. The molecule has 0 spiro atoms. The van der Waals surface area contributed by atoms with Crippen LogP contribution in [0.5, 0.6) is 17.2 Å². The molecular formula is C28H26N2O6S. The first kappa shape index (κ1) is 25.8. The van der Waals surface area contributed by atoms with Gasteiger partial charge in [0.05, 0.1) is 32.3 Å². The SMILES string of the molecule is COc1cc(/C=C/C(=O)c2ccc(N3C(=O)CC(Sc4cccc(N)c4)C3=O)cc2)cc(OC)c1OC. The molecule has 0 saturated carbocycles. The smallest absolute Gasteiger partial charge is 0.247 e. The van der Waals surface area contributed by atoms with Crippen LogP contribution in [0.2, 0.25) is 0 Å². The third kappa shape index (κ3) is 5.62. The van der Waals surface area contributed by atoms with Crippen LogP contribution in [0.25, 0.3) is 6.08 Å². The zero-order valence-corrected chi connectivity index (χ0v) is 21.4. The van der Waals surface area contributed by atoms with Crippen molar-refractivity contribution >= 4 is 46.8 Å². The lowest BCUT2D eigenvalue weighted by atomic mass is 10.1. The summed E-state index contributed by atoms with van der Waals surface area (Å²) in [5, 5.41) is -0.531. The molecule has 1 heterocycles. The molecule has 1 aliphatic rings.